The van der Waals surface area contributed by atoms with Gasteiger partial charge in [0.2, 0.25) is 0 Å². The van der Waals surface area contributed by atoms with E-state index >= 15 is 0 Å². The zero-order valence-corrected chi connectivity index (χ0v) is 11.8. The predicted molar refractivity (Wildman–Crippen MR) is 70.7 cm³/mol. The summed E-state index contributed by atoms with van der Waals surface area (Å²) in [6.07, 6.45) is 4.01. The number of nitrogens with zero attached hydrogens (tertiary/aromatic N) is 2. The van der Waals surface area contributed by atoms with E-state index in [1.54, 1.807) is 0 Å². The van der Waals surface area contributed by atoms with Crippen molar-refractivity contribution in [1.29, 1.82) is 0 Å². The summed E-state index contributed by atoms with van der Waals surface area (Å²) in [5.74, 6) is 0.866. The van der Waals surface area contributed by atoms with Crippen LogP contribution < -0.4 is 0 Å². The van der Waals surface area contributed by atoms with Crippen LogP contribution in [0.2, 0.25) is 0 Å². The first kappa shape index (κ1) is 13.5. The Kier molecular flexibility index (Phi) is 6.86. The molecule has 1 atom stereocenters. The van der Waals surface area contributed by atoms with Crippen molar-refractivity contribution in [3.63, 3.8) is 0 Å². The lowest BCUT2D eigenvalue weighted by atomic mass is 10.1. The molecule has 1 aliphatic heterocycles. The van der Waals surface area contributed by atoms with Crippen molar-refractivity contribution >= 4 is 15.9 Å². The minimum atomic E-state index is 0.866. The third kappa shape index (κ3) is 5.88. The van der Waals surface area contributed by atoms with Gasteiger partial charge in [0, 0.05) is 18.4 Å². The Bertz CT molecular complexity index is 164. The first-order chi connectivity index (χ1) is 7.22. The number of hydrogen-bond acceptors (Lipinski definition) is 2. The summed E-state index contributed by atoms with van der Waals surface area (Å²) >= 11 is 3.52. The lowest BCUT2D eigenvalue weighted by Gasteiger charge is -2.21. The first-order valence-electron chi connectivity index (χ1n) is 6.19. The molecular weight excluding hydrogens is 252 g/mol. The highest BCUT2D eigenvalue weighted by atomic mass is 79.9. The van der Waals surface area contributed by atoms with Crippen LogP contribution in [0.5, 0.6) is 0 Å². The third-order valence-corrected chi connectivity index (χ3v) is 3.81. The van der Waals surface area contributed by atoms with Gasteiger partial charge < -0.3 is 9.80 Å². The Morgan fingerprint density at radius 1 is 1.13 bits per heavy atom. The molecule has 0 aromatic rings. The standard InChI is InChI=1S/C12H25BrN2/c1-12(4-6-13)5-9-15-8-3-7-14(2)10-11-15/h12H,3-11H2,1-2H3. The molecule has 90 valence electrons. The van der Waals surface area contributed by atoms with Gasteiger partial charge in [-0.15, -0.1) is 0 Å². The average molecular weight is 277 g/mol. The van der Waals surface area contributed by atoms with E-state index in [1.807, 2.05) is 0 Å². The fraction of sp³-hybridized carbons (Fsp3) is 1.00. The van der Waals surface area contributed by atoms with Crippen molar-refractivity contribution < 1.29 is 0 Å². The summed E-state index contributed by atoms with van der Waals surface area (Å²) < 4.78 is 0. The lowest BCUT2D eigenvalue weighted by molar-refractivity contribution is 0.257. The van der Waals surface area contributed by atoms with Crippen LogP contribution >= 0.6 is 15.9 Å². The lowest BCUT2D eigenvalue weighted by Crippen LogP contribution is -2.30. The van der Waals surface area contributed by atoms with Crippen molar-refractivity contribution in [2.45, 2.75) is 26.2 Å². The van der Waals surface area contributed by atoms with Gasteiger partial charge in [-0.3, -0.25) is 0 Å². The Morgan fingerprint density at radius 3 is 2.67 bits per heavy atom. The second kappa shape index (κ2) is 7.64. The molecule has 3 heteroatoms. The molecule has 1 saturated heterocycles. The van der Waals surface area contributed by atoms with Crippen LogP contribution in [0, 0.1) is 5.92 Å². The van der Waals surface area contributed by atoms with E-state index in [2.05, 4.69) is 39.7 Å². The van der Waals surface area contributed by atoms with Crippen LogP contribution in [-0.4, -0.2) is 54.9 Å². The maximum Gasteiger partial charge on any atom is 0.0109 e. The third-order valence-electron chi connectivity index (χ3n) is 3.35. The number of rotatable bonds is 5. The van der Waals surface area contributed by atoms with Gasteiger partial charge in [0.05, 0.1) is 0 Å². The molecule has 2 nitrogen and oxygen atoms in total. The van der Waals surface area contributed by atoms with E-state index in [0.29, 0.717) is 0 Å². The van der Waals surface area contributed by atoms with Crippen LogP contribution in [0.15, 0.2) is 0 Å². The minimum absolute atomic E-state index is 0.866. The largest absolute Gasteiger partial charge is 0.305 e. The molecule has 0 N–H and O–H groups in total. The highest BCUT2D eigenvalue weighted by molar-refractivity contribution is 9.09. The van der Waals surface area contributed by atoms with Crippen LogP contribution in [0.4, 0.5) is 0 Å². The molecule has 0 aromatic carbocycles. The second-order valence-corrected chi connectivity index (χ2v) is 5.66. The molecule has 0 aromatic heterocycles. The van der Waals surface area contributed by atoms with Crippen molar-refractivity contribution in [3.05, 3.63) is 0 Å². The summed E-state index contributed by atoms with van der Waals surface area (Å²) in [7, 11) is 2.23. The Balaban J connectivity index is 2.14. The van der Waals surface area contributed by atoms with Crippen molar-refractivity contribution in [3.8, 4) is 0 Å². The maximum absolute atomic E-state index is 3.52. The minimum Gasteiger partial charge on any atom is -0.305 e. The van der Waals surface area contributed by atoms with E-state index in [9.17, 15) is 0 Å². The molecule has 0 amide bonds. The molecule has 1 aliphatic rings. The number of alkyl halides is 1. The van der Waals surface area contributed by atoms with Gasteiger partial charge in [0.25, 0.3) is 0 Å². The van der Waals surface area contributed by atoms with E-state index in [-0.39, 0.29) is 0 Å². The highest BCUT2D eigenvalue weighted by Gasteiger charge is 2.12. The summed E-state index contributed by atoms with van der Waals surface area (Å²) in [6.45, 7) is 8.73. The fourth-order valence-electron chi connectivity index (χ4n) is 2.06. The van der Waals surface area contributed by atoms with Gasteiger partial charge in [-0.25, -0.2) is 0 Å². The molecule has 1 rings (SSSR count). The van der Waals surface area contributed by atoms with Gasteiger partial charge in [-0.1, -0.05) is 22.9 Å². The summed E-state index contributed by atoms with van der Waals surface area (Å²) in [6, 6.07) is 0. The number of likely N-dealkylation sites (N-methyl/N-ethyl adjacent to an activating group) is 1. The summed E-state index contributed by atoms with van der Waals surface area (Å²) in [5, 5.41) is 1.15. The van der Waals surface area contributed by atoms with Gasteiger partial charge in [-0.2, -0.15) is 0 Å². The van der Waals surface area contributed by atoms with E-state index in [1.165, 1.54) is 52.0 Å². The van der Waals surface area contributed by atoms with Gasteiger partial charge in [-0.05, 0) is 51.9 Å². The second-order valence-electron chi connectivity index (χ2n) is 4.87. The molecule has 0 spiro atoms. The van der Waals surface area contributed by atoms with Gasteiger partial charge in [0.1, 0.15) is 0 Å². The Morgan fingerprint density at radius 2 is 1.93 bits per heavy atom. The van der Waals surface area contributed by atoms with Crippen LogP contribution in [0.3, 0.4) is 0 Å². The first-order valence-corrected chi connectivity index (χ1v) is 7.31. The average Bonchev–Trinajstić information content (AvgIpc) is 2.41. The normalized spacial score (nSPS) is 22.6. The van der Waals surface area contributed by atoms with Crippen LogP contribution in [0.1, 0.15) is 26.2 Å². The summed E-state index contributed by atoms with van der Waals surface area (Å²) in [5.41, 5.74) is 0. The molecule has 0 saturated carbocycles. The Labute approximate surface area is 103 Å². The molecule has 0 aliphatic carbocycles. The molecule has 1 heterocycles. The molecule has 15 heavy (non-hydrogen) atoms. The van der Waals surface area contributed by atoms with Crippen molar-refractivity contribution in [2.24, 2.45) is 5.92 Å². The topological polar surface area (TPSA) is 6.48 Å². The molecule has 0 radical (unpaired) electrons. The van der Waals surface area contributed by atoms with Gasteiger partial charge in [0.15, 0.2) is 0 Å². The quantitative estimate of drug-likeness (QED) is 0.712. The monoisotopic (exact) mass is 276 g/mol. The maximum atomic E-state index is 3.52. The summed E-state index contributed by atoms with van der Waals surface area (Å²) in [4.78, 5) is 5.08. The van der Waals surface area contributed by atoms with E-state index in [4.69, 9.17) is 0 Å². The molecular formula is C12H25BrN2. The molecule has 1 fully saturated rings. The van der Waals surface area contributed by atoms with E-state index in [0.717, 1.165) is 11.2 Å². The smallest absolute Gasteiger partial charge is 0.0109 e. The zero-order chi connectivity index (χ0) is 11.1. The zero-order valence-electron chi connectivity index (χ0n) is 10.2. The number of halogens is 1. The molecule has 0 bridgehead atoms. The highest BCUT2D eigenvalue weighted by Crippen LogP contribution is 2.11. The van der Waals surface area contributed by atoms with Crippen molar-refractivity contribution in [1.82, 2.24) is 9.80 Å². The van der Waals surface area contributed by atoms with Crippen molar-refractivity contribution in [2.75, 3.05) is 45.1 Å². The van der Waals surface area contributed by atoms with E-state index < -0.39 is 0 Å². The van der Waals surface area contributed by atoms with Gasteiger partial charge >= 0.3 is 0 Å². The van der Waals surface area contributed by atoms with Crippen LogP contribution in [-0.2, 0) is 0 Å². The molecule has 1 unspecified atom stereocenters. The van der Waals surface area contributed by atoms with Crippen LogP contribution in [0.25, 0.3) is 0 Å². The number of hydrogen-bond donors (Lipinski definition) is 0. The fourth-order valence-corrected chi connectivity index (χ4v) is 2.84. The SMILES string of the molecule is CC(CCBr)CCN1CCCN(C)CC1. The predicted octanol–water partition coefficient (Wildman–Crippen LogP) is 2.44. The Hall–Kier alpha value is 0.400.